The standard InChI is InChI=1S/C7H15OS/c1-4-5-8-6-7(2,3)9/h4-6H2,1-3H3. The van der Waals surface area contributed by atoms with Gasteiger partial charge in [-0.25, -0.2) is 0 Å². The summed E-state index contributed by atoms with van der Waals surface area (Å²) in [6.07, 6.45) is 1.07. The average molecular weight is 147 g/mol. The fraction of sp³-hybridized carbons (Fsp3) is 1.00. The molecule has 0 aliphatic carbocycles. The van der Waals surface area contributed by atoms with E-state index in [-0.39, 0.29) is 4.75 Å². The van der Waals surface area contributed by atoms with E-state index in [4.69, 9.17) is 17.4 Å². The van der Waals surface area contributed by atoms with Gasteiger partial charge in [0.05, 0.1) is 6.61 Å². The van der Waals surface area contributed by atoms with Crippen molar-refractivity contribution in [3.8, 4) is 0 Å². The molecule has 55 valence electrons. The molecule has 0 heterocycles. The Morgan fingerprint density at radius 1 is 1.44 bits per heavy atom. The molecule has 1 nitrogen and oxygen atoms in total. The lowest BCUT2D eigenvalue weighted by Crippen LogP contribution is -2.19. The van der Waals surface area contributed by atoms with E-state index in [2.05, 4.69) is 6.92 Å². The van der Waals surface area contributed by atoms with Gasteiger partial charge in [0.15, 0.2) is 0 Å². The van der Waals surface area contributed by atoms with E-state index < -0.39 is 0 Å². The van der Waals surface area contributed by atoms with Gasteiger partial charge in [-0.2, -0.15) is 0 Å². The third kappa shape index (κ3) is 8.31. The second-order valence-corrected chi connectivity index (χ2v) is 3.92. The van der Waals surface area contributed by atoms with Gasteiger partial charge in [-0.05, 0) is 20.3 Å². The van der Waals surface area contributed by atoms with Crippen LogP contribution in [0.4, 0.5) is 0 Å². The summed E-state index contributed by atoms with van der Waals surface area (Å²) in [6, 6.07) is 0. The van der Waals surface area contributed by atoms with Crippen LogP contribution in [0.1, 0.15) is 27.2 Å². The van der Waals surface area contributed by atoms with E-state index in [1.54, 1.807) is 0 Å². The molecule has 0 amide bonds. The highest BCUT2D eigenvalue weighted by molar-refractivity contribution is 7.81. The molecule has 9 heavy (non-hydrogen) atoms. The van der Waals surface area contributed by atoms with Crippen molar-refractivity contribution in [2.45, 2.75) is 31.9 Å². The van der Waals surface area contributed by atoms with Crippen LogP contribution in [0.2, 0.25) is 0 Å². The van der Waals surface area contributed by atoms with E-state index >= 15 is 0 Å². The van der Waals surface area contributed by atoms with E-state index in [1.165, 1.54) is 0 Å². The van der Waals surface area contributed by atoms with Crippen LogP contribution in [0.5, 0.6) is 0 Å². The second kappa shape index (κ2) is 4.18. The lowest BCUT2D eigenvalue weighted by molar-refractivity contribution is 0.120. The van der Waals surface area contributed by atoms with Crippen LogP contribution in [0.3, 0.4) is 0 Å². The minimum atomic E-state index is -0.0881. The lowest BCUT2D eigenvalue weighted by Gasteiger charge is -2.15. The molecule has 0 aromatic rings. The molecule has 0 rings (SSSR count). The molecule has 0 atom stereocenters. The third-order valence-electron chi connectivity index (χ3n) is 0.798. The fourth-order valence-electron chi connectivity index (χ4n) is 0.462. The van der Waals surface area contributed by atoms with E-state index in [9.17, 15) is 0 Å². The van der Waals surface area contributed by atoms with Crippen molar-refractivity contribution in [3.05, 3.63) is 0 Å². The minimum absolute atomic E-state index is 0.0881. The second-order valence-electron chi connectivity index (χ2n) is 2.81. The first kappa shape index (κ1) is 9.31. The van der Waals surface area contributed by atoms with Crippen molar-refractivity contribution in [2.24, 2.45) is 0 Å². The Hall–Kier alpha value is 0.310. The quantitative estimate of drug-likeness (QED) is 0.555. The number of rotatable bonds is 4. The van der Waals surface area contributed by atoms with E-state index in [0.29, 0.717) is 6.61 Å². The third-order valence-corrected chi connectivity index (χ3v) is 0.916. The zero-order valence-corrected chi connectivity index (χ0v) is 7.25. The lowest BCUT2D eigenvalue weighted by atomic mass is 10.2. The van der Waals surface area contributed by atoms with Gasteiger partial charge < -0.3 is 4.74 Å². The van der Waals surface area contributed by atoms with Crippen LogP contribution in [0, 0.1) is 0 Å². The number of ether oxygens (including phenoxy) is 1. The van der Waals surface area contributed by atoms with Gasteiger partial charge in [0, 0.05) is 11.4 Å². The molecular formula is C7H15OS. The minimum Gasteiger partial charge on any atom is -0.380 e. The molecule has 0 fully saturated rings. The Balaban J connectivity index is 3.07. The maximum Gasteiger partial charge on any atom is 0.0616 e. The first-order chi connectivity index (χ1) is 4.06. The van der Waals surface area contributed by atoms with Gasteiger partial charge in [0.25, 0.3) is 0 Å². The zero-order chi connectivity index (χ0) is 7.33. The molecule has 0 aliphatic rings. The van der Waals surface area contributed by atoms with Crippen LogP contribution in [-0.2, 0) is 4.74 Å². The van der Waals surface area contributed by atoms with Gasteiger partial charge in [0.1, 0.15) is 0 Å². The van der Waals surface area contributed by atoms with Crippen LogP contribution < -0.4 is 0 Å². The average Bonchev–Trinajstić information content (AvgIpc) is 1.63. The molecule has 0 aromatic carbocycles. The maximum atomic E-state index is 5.24. The summed E-state index contributed by atoms with van der Waals surface area (Å²) in [4.78, 5) is 0. The van der Waals surface area contributed by atoms with Gasteiger partial charge in [-0.3, -0.25) is 0 Å². The Morgan fingerprint density at radius 2 is 2.00 bits per heavy atom. The van der Waals surface area contributed by atoms with Crippen molar-refractivity contribution in [1.82, 2.24) is 0 Å². The molecule has 0 aromatic heterocycles. The highest BCUT2D eigenvalue weighted by Gasteiger charge is 2.11. The number of hydrogen-bond donors (Lipinski definition) is 0. The molecule has 0 unspecified atom stereocenters. The monoisotopic (exact) mass is 147 g/mol. The molecule has 0 saturated carbocycles. The van der Waals surface area contributed by atoms with Gasteiger partial charge >= 0.3 is 0 Å². The molecule has 0 saturated heterocycles. The Bertz CT molecular complexity index is 65.8. The molecule has 2 heteroatoms. The van der Waals surface area contributed by atoms with Crippen molar-refractivity contribution >= 4 is 12.6 Å². The summed E-state index contributed by atoms with van der Waals surface area (Å²) in [5.41, 5.74) is 0. The van der Waals surface area contributed by atoms with Crippen LogP contribution in [-0.4, -0.2) is 18.0 Å². The SMILES string of the molecule is CCCOCC(C)(C)[S]. The zero-order valence-electron chi connectivity index (χ0n) is 6.44. The number of hydrogen-bond acceptors (Lipinski definition) is 1. The van der Waals surface area contributed by atoms with Crippen molar-refractivity contribution in [3.63, 3.8) is 0 Å². The van der Waals surface area contributed by atoms with Gasteiger partial charge in [-0.1, -0.05) is 19.6 Å². The molecule has 0 spiro atoms. The first-order valence-corrected chi connectivity index (χ1v) is 3.75. The molecule has 0 N–H and O–H groups in total. The van der Waals surface area contributed by atoms with Crippen LogP contribution in [0.25, 0.3) is 0 Å². The van der Waals surface area contributed by atoms with Crippen molar-refractivity contribution in [1.29, 1.82) is 0 Å². The Labute approximate surface area is 63.2 Å². The Kier molecular flexibility index (Phi) is 4.32. The van der Waals surface area contributed by atoms with Gasteiger partial charge in [0.2, 0.25) is 0 Å². The first-order valence-electron chi connectivity index (χ1n) is 3.34. The highest BCUT2D eigenvalue weighted by atomic mass is 32.1. The summed E-state index contributed by atoms with van der Waals surface area (Å²) in [5.74, 6) is 0. The fourth-order valence-corrected chi connectivity index (χ4v) is 0.546. The summed E-state index contributed by atoms with van der Waals surface area (Å²) < 4.78 is 5.15. The molecule has 0 aliphatic heterocycles. The predicted octanol–water partition coefficient (Wildman–Crippen LogP) is 2.39. The van der Waals surface area contributed by atoms with Crippen LogP contribution >= 0.6 is 12.6 Å². The highest BCUT2D eigenvalue weighted by Crippen LogP contribution is 2.11. The summed E-state index contributed by atoms with van der Waals surface area (Å²) >= 11 is 5.07. The van der Waals surface area contributed by atoms with Crippen molar-refractivity contribution in [2.75, 3.05) is 13.2 Å². The predicted molar refractivity (Wildman–Crippen MR) is 42.8 cm³/mol. The maximum absolute atomic E-state index is 5.24. The molecular weight excluding hydrogens is 132 g/mol. The topological polar surface area (TPSA) is 9.23 Å². The largest absolute Gasteiger partial charge is 0.380 e. The summed E-state index contributed by atoms with van der Waals surface area (Å²) in [5, 5.41) is 0. The molecule has 1 radical (unpaired) electrons. The Morgan fingerprint density at radius 3 is 2.33 bits per heavy atom. The van der Waals surface area contributed by atoms with E-state index in [0.717, 1.165) is 13.0 Å². The van der Waals surface area contributed by atoms with Crippen LogP contribution in [0.15, 0.2) is 0 Å². The summed E-state index contributed by atoms with van der Waals surface area (Å²) in [7, 11) is 0. The van der Waals surface area contributed by atoms with E-state index in [1.807, 2.05) is 13.8 Å². The molecule has 0 bridgehead atoms. The summed E-state index contributed by atoms with van der Waals surface area (Å²) in [6.45, 7) is 7.61. The smallest absolute Gasteiger partial charge is 0.0616 e. The normalized spacial score (nSPS) is 12.0. The van der Waals surface area contributed by atoms with Crippen molar-refractivity contribution < 1.29 is 4.74 Å². The van der Waals surface area contributed by atoms with Gasteiger partial charge in [-0.15, -0.1) is 0 Å².